The van der Waals surface area contributed by atoms with Crippen LogP contribution in [0.5, 0.6) is 0 Å². The van der Waals surface area contributed by atoms with Gasteiger partial charge in [-0.25, -0.2) is 0 Å². The molecule has 2 aliphatic heterocycles. The monoisotopic (exact) mass is 760 g/mol. The van der Waals surface area contributed by atoms with Crippen LogP contribution in [0.25, 0.3) is 0 Å². The fourth-order valence-electron chi connectivity index (χ4n) is 9.30. The Morgan fingerprint density at radius 2 is 1.49 bits per heavy atom. The summed E-state index contributed by atoms with van der Waals surface area (Å²) >= 11 is 0. The zero-order valence-electron chi connectivity index (χ0n) is 35.7. The molecule has 5 heteroatoms. The molecule has 296 valence electrons. The Kier molecular flexibility index (Phi) is 11.6. The lowest BCUT2D eigenvalue weighted by Crippen LogP contribution is -2.45. The summed E-state index contributed by atoms with van der Waals surface area (Å²) in [5.74, 6) is 0. The fraction of sp³-hybridized carbons (Fsp3) is 0.365. The predicted octanol–water partition coefficient (Wildman–Crippen LogP) is 11.5. The number of rotatable bonds is 14. The number of benzene rings is 3. The summed E-state index contributed by atoms with van der Waals surface area (Å²) in [4.78, 5) is 5.10. The molecule has 0 saturated heterocycles. The van der Waals surface area contributed by atoms with Gasteiger partial charge in [-0.15, -0.1) is 0 Å². The summed E-state index contributed by atoms with van der Waals surface area (Å²) in [6, 6.07) is 24.8. The van der Waals surface area contributed by atoms with Gasteiger partial charge in [0.2, 0.25) is 5.69 Å². The van der Waals surface area contributed by atoms with Crippen molar-refractivity contribution in [2.24, 2.45) is 0 Å². The standard InChI is InChI=1S/C52H62N3O2/c1-38-20-26-45-43(36-38)50(3,4)47(53(45)32-16-34-56-8)28-24-40-22-23-41(49(40)55(42-18-12-10-13-19-42)52(7)30-14-11-15-31-52)25-29-48-51(5,6)44-37-39(2)21-27-46(44)54(48)33-17-35-57-9/h10-15,18-30,36-37H,16-17,31-35H2,1-9H3/q+1. The fourth-order valence-corrected chi connectivity index (χ4v) is 9.30. The van der Waals surface area contributed by atoms with Gasteiger partial charge in [0.15, 0.2) is 12.3 Å². The quantitative estimate of drug-likeness (QED) is 0.121. The third-order valence-electron chi connectivity index (χ3n) is 12.4. The van der Waals surface area contributed by atoms with Crippen LogP contribution >= 0.6 is 0 Å². The molecule has 0 saturated carbocycles. The highest BCUT2D eigenvalue weighted by Gasteiger charge is 2.45. The summed E-state index contributed by atoms with van der Waals surface area (Å²) in [7, 11) is 3.58. The first-order chi connectivity index (χ1) is 27.4. The maximum Gasteiger partial charge on any atom is 0.209 e. The normalized spacial score (nSPS) is 21.9. The van der Waals surface area contributed by atoms with Crippen molar-refractivity contribution in [1.82, 2.24) is 0 Å². The second kappa shape index (κ2) is 16.5. The lowest BCUT2D eigenvalue weighted by molar-refractivity contribution is -0.438. The van der Waals surface area contributed by atoms with Crippen LogP contribution in [0.4, 0.5) is 17.1 Å². The molecule has 4 aliphatic rings. The topological polar surface area (TPSA) is 28.0 Å². The average Bonchev–Trinajstić information content (AvgIpc) is 3.74. The maximum atomic E-state index is 5.52. The minimum Gasteiger partial charge on any atom is -0.385 e. The van der Waals surface area contributed by atoms with E-state index in [0.29, 0.717) is 0 Å². The number of hydrogen-bond acceptors (Lipinski definition) is 4. The Hall–Kier alpha value is -4.97. The number of ether oxygens (including phenoxy) is 2. The molecule has 1 unspecified atom stereocenters. The SMILES string of the molecule is COCCCN1/C(=C/C=C2\C=CC(/C=C/C3=[N+](CCCOC)c4ccc(C)cc4C3(C)C)=C2N(c2ccccc2)C2(C)C=CC=CC2)C(C)(C)c2cc(C)ccc21. The molecule has 0 amide bonds. The van der Waals surface area contributed by atoms with Crippen molar-refractivity contribution in [3.8, 4) is 0 Å². The third-order valence-corrected chi connectivity index (χ3v) is 12.4. The Morgan fingerprint density at radius 1 is 0.772 bits per heavy atom. The molecule has 7 rings (SSSR count). The first-order valence-corrected chi connectivity index (χ1v) is 20.8. The van der Waals surface area contributed by atoms with Crippen molar-refractivity contribution >= 4 is 22.8 Å². The van der Waals surface area contributed by atoms with E-state index in [9.17, 15) is 0 Å². The van der Waals surface area contributed by atoms with E-state index in [1.165, 1.54) is 67.6 Å². The Balaban J connectivity index is 1.40. The number of fused-ring (bicyclic) bond motifs is 2. The van der Waals surface area contributed by atoms with E-state index >= 15 is 0 Å². The van der Waals surface area contributed by atoms with Gasteiger partial charge in [0.1, 0.15) is 0 Å². The molecule has 3 aromatic rings. The van der Waals surface area contributed by atoms with Crippen LogP contribution in [0.3, 0.4) is 0 Å². The van der Waals surface area contributed by atoms with Crippen LogP contribution in [-0.4, -0.2) is 56.3 Å². The summed E-state index contributed by atoms with van der Waals surface area (Å²) in [6.45, 7) is 19.5. The molecule has 0 radical (unpaired) electrons. The highest BCUT2D eigenvalue weighted by atomic mass is 16.5. The van der Waals surface area contributed by atoms with Crippen molar-refractivity contribution in [2.75, 3.05) is 50.3 Å². The van der Waals surface area contributed by atoms with Gasteiger partial charge in [0.05, 0.1) is 23.3 Å². The Bertz CT molecular complexity index is 2240. The molecule has 1 atom stereocenters. The molecular weight excluding hydrogens is 699 g/mol. The molecule has 0 aromatic heterocycles. The molecular formula is C52H62N3O2+. The van der Waals surface area contributed by atoms with Gasteiger partial charge in [-0.05, 0) is 101 Å². The first kappa shape index (κ1) is 40.2. The van der Waals surface area contributed by atoms with Crippen molar-refractivity contribution in [3.05, 3.63) is 172 Å². The van der Waals surface area contributed by atoms with E-state index in [1.807, 2.05) is 0 Å². The largest absolute Gasteiger partial charge is 0.385 e. The highest BCUT2D eigenvalue weighted by Crippen LogP contribution is 2.49. The summed E-state index contributed by atoms with van der Waals surface area (Å²) in [5.41, 5.74) is 14.7. The van der Waals surface area contributed by atoms with Crippen LogP contribution in [0, 0.1) is 13.8 Å². The van der Waals surface area contributed by atoms with Crippen LogP contribution in [0.1, 0.15) is 76.1 Å². The number of methoxy groups -OCH3 is 2. The molecule has 5 nitrogen and oxygen atoms in total. The molecule has 0 bridgehead atoms. The van der Waals surface area contributed by atoms with E-state index in [1.54, 1.807) is 14.2 Å². The third kappa shape index (κ3) is 7.72. The van der Waals surface area contributed by atoms with Crippen molar-refractivity contribution in [2.45, 2.75) is 84.1 Å². The second-order valence-corrected chi connectivity index (χ2v) is 17.3. The van der Waals surface area contributed by atoms with Crippen LogP contribution < -0.4 is 9.80 Å². The van der Waals surface area contributed by atoms with Gasteiger partial charge in [-0.1, -0.05) is 104 Å². The molecule has 0 fully saturated rings. The molecule has 3 aromatic carbocycles. The van der Waals surface area contributed by atoms with E-state index < -0.39 is 0 Å². The predicted molar refractivity (Wildman–Crippen MR) is 240 cm³/mol. The molecule has 2 aliphatic carbocycles. The number of nitrogens with zero attached hydrogens (tertiary/aromatic N) is 3. The number of anilines is 2. The van der Waals surface area contributed by atoms with E-state index in [-0.39, 0.29) is 16.4 Å². The highest BCUT2D eigenvalue weighted by molar-refractivity contribution is 6.03. The lowest BCUT2D eigenvalue weighted by atomic mass is 9.80. The molecule has 2 heterocycles. The van der Waals surface area contributed by atoms with Crippen LogP contribution in [0.2, 0.25) is 0 Å². The Morgan fingerprint density at radius 3 is 2.21 bits per heavy atom. The number of aryl methyl sites for hydroxylation is 2. The minimum absolute atomic E-state index is 0.160. The summed E-state index contributed by atoms with van der Waals surface area (Å²) < 4.78 is 13.6. The van der Waals surface area contributed by atoms with E-state index in [2.05, 4.69) is 190 Å². The van der Waals surface area contributed by atoms with E-state index in [4.69, 9.17) is 9.47 Å². The van der Waals surface area contributed by atoms with Crippen LogP contribution in [0.15, 0.2) is 150 Å². The van der Waals surface area contributed by atoms with Crippen molar-refractivity contribution in [3.63, 3.8) is 0 Å². The van der Waals surface area contributed by atoms with Gasteiger partial charge in [0, 0.05) is 74.0 Å². The van der Waals surface area contributed by atoms with Gasteiger partial charge in [0.25, 0.3) is 0 Å². The maximum absolute atomic E-state index is 5.52. The minimum atomic E-state index is -0.283. The zero-order chi connectivity index (χ0) is 40.4. The summed E-state index contributed by atoms with van der Waals surface area (Å²) in [6.07, 6.45) is 26.0. The number of hydrogen-bond donors (Lipinski definition) is 0. The smallest absolute Gasteiger partial charge is 0.209 e. The van der Waals surface area contributed by atoms with Crippen molar-refractivity contribution < 1.29 is 14.0 Å². The van der Waals surface area contributed by atoms with Gasteiger partial charge in [-0.2, -0.15) is 4.58 Å². The molecule has 0 N–H and O–H groups in total. The second-order valence-electron chi connectivity index (χ2n) is 17.3. The Labute approximate surface area is 342 Å². The van der Waals surface area contributed by atoms with Gasteiger partial charge < -0.3 is 19.3 Å². The summed E-state index contributed by atoms with van der Waals surface area (Å²) in [5, 5.41) is 0. The van der Waals surface area contributed by atoms with E-state index in [0.717, 1.165) is 45.6 Å². The van der Waals surface area contributed by atoms with Gasteiger partial charge >= 0.3 is 0 Å². The zero-order valence-corrected chi connectivity index (χ0v) is 35.7. The number of para-hydroxylation sites is 1. The van der Waals surface area contributed by atoms with Gasteiger partial charge in [-0.3, -0.25) is 0 Å². The molecule has 57 heavy (non-hydrogen) atoms. The first-order valence-electron chi connectivity index (χ1n) is 20.8. The average molecular weight is 761 g/mol. The van der Waals surface area contributed by atoms with Crippen molar-refractivity contribution in [1.29, 1.82) is 0 Å². The molecule has 0 spiro atoms. The lowest BCUT2D eigenvalue weighted by Gasteiger charge is -2.43. The number of allylic oxidation sites excluding steroid dienone is 10. The van der Waals surface area contributed by atoms with Crippen LogP contribution in [-0.2, 0) is 20.3 Å².